The normalized spacial score (nSPS) is 19.8. The van der Waals surface area contributed by atoms with Gasteiger partial charge in [-0.15, -0.1) is 0 Å². The summed E-state index contributed by atoms with van der Waals surface area (Å²) in [6.07, 6.45) is 5.49. The number of carbonyl (C=O) groups excluding carboxylic acids is 2. The first-order valence-corrected chi connectivity index (χ1v) is 14.8. The Bertz CT molecular complexity index is 1260. The summed E-state index contributed by atoms with van der Waals surface area (Å²) in [5.74, 6) is -0.307. The summed E-state index contributed by atoms with van der Waals surface area (Å²) in [6, 6.07) is 18.0. The Morgan fingerprint density at radius 1 is 1.05 bits per heavy atom. The van der Waals surface area contributed by atoms with Gasteiger partial charge in [0.25, 0.3) is 10.1 Å². The zero-order chi connectivity index (χ0) is 27.8. The Hall–Kier alpha value is -3.41. The molecule has 1 aliphatic carbocycles. The second kappa shape index (κ2) is 13.1. The number of ether oxygens (including phenoxy) is 1. The highest BCUT2D eigenvalue weighted by Gasteiger charge is 2.33. The smallest absolute Gasteiger partial charge is 0.340 e. The Kier molecular flexibility index (Phi) is 9.60. The van der Waals surface area contributed by atoms with Gasteiger partial charge in [0.2, 0.25) is 5.91 Å². The number of urea groups is 1. The van der Waals surface area contributed by atoms with E-state index in [-0.39, 0.29) is 19.2 Å². The van der Waals surface area contributed by atoms with Crippen LogP contribution >= 0.6 is 0 Å². The third kappa shape index (κ3) is 8.29. The van der Waals surface area contributed by atoms with Gasteiger partial charge >= 0.3 is 6.03 Å². The van der Waals surface area contributed by atoms with Gasteiger partial charge in [-0.25, -0.2) is 14.8 Å². The van der Waals surface area contributed by atoms with E-state index in [2.05, 4.69) is 34.9 Å². The van der Waals surface area contributed by atoms with Crippen molar-refractivity contribution in [2.45, 2.75) is 32.6 Å². The van der Waals surface area contributed by atoms with Crippen molar-refractivity contribution in [1.29, 1.82) is 0 Å². The van der Waals surface area contributed by atoms with E-state index >= 15 is 0 Å². The highest BCUT2D eigenvalue weighted by atomic mass is 32.2. The molecular formula is C28H36N4O6S. The standard InChI is InChI=1S/C28H36N4O6S/c1-21-7-13-24(14-8-21)26-17-30-28(34)31(32(26)25-5-3-2-4-6-25)18-22-9-11-23(12-10-22)19-38-20-27(33)29-15-16-39(35,36)37/h2-8,13-14,17,22-23H,9-12,15-16,18-20H2,1H3,(H,29,33)(H,30,34)(H,35,36,37). The Labute approximate surface area is 229 Å². The van der Waals surface area contributed by atoms with E-state index < -0.39 is 21.8 Å². The van der Waals surface area contributed by atoms with Gasteiger partial charge in [-0.1, -0.05) is 48.0 Å². The fraction of sp³-hybridized carbons (Fsp3) is 0.429. The first kappa shape index (κ1) is 28.6. The van der Waals surface area contributed by atoms with E-state index in [0.717, 1.165) is 42.6 Å². The minimum atomic E-state index is -4.11. The molecule has 2 aromatic rings. The number of benzene rings is 2. The van der Waals surface area contributed by atoms with Crippen LogP contribution < -0.4 is 15.6 Å². The molecule has 3 amide bonds. The van der Waals surface area contributed by atoms with Crippen LogP contribution in [0.4, 0.5) is 10.5 Å². The Morgan fingerprint density at radius 3 is 2.38 bits per heavy atom. The molecule has 1 fully saturated rings. The van der Waals surface area contributed by atoms with Crippen LogP contribution in [0.5, 0.6) is 0 Å². The molecule has 0 atom stereocenters. The van der Waals surface area contributed by atoms with Crippen molar-refractivity contribution in [3.63, 3.8) is 0 Å². The summed E-state index contributed by atoms with van der Waals surface area (Å²) >= 11 is 0. The van der Waals surface area contributed by atoms with Crippen molar-refractivity contribution < 1.29 is 27.3 Å². The fourth-order valence-electron chi connectivity index (χ4n) is 4.94. The lowest BCUT2D eigenvalue weighted by Gasteiger charge is -2.43. The van der Waals surface area contributed by atoms with Crippen LogP contribution in [-0.2, 0) is 19.6 Å². The molecule has 4 rings (SSSR count). The quantitative estimate of drug-likeness (QED) is 0.361. The lowest BCUT2D eigenvalue weighted by Crippen LogP contribution is -2.54. The molecule has 2 aromatic carbocycles. The molecule has 210 valence electrons. The summed E-state index contributed by atoms with van der Waals surface area (Å²) in [5, 5.41) is 9.14. The average molecular weight is 557 g/mol. The molecule has 11 heteroatoms. The van der Waals surface area contributed by atoms with Crippen LogP contribution in [0.3, 0.4) is 0 Å². The van der Waals surface area contributed by atoms with Gasteiger partial charge in [0.1, 0.15) is 6.61 Å². The largest absolute Gasteiger partial charge is 0.371 e. The monoisotopic (exact) mass is 556 g/mol. The number of para-hydroxylation sites is 1. The zero-order valence-electron chi connectivity index (χ0n) is 22.1. The molecule has 0 aromatic heterocycles. The van der Waals surface area contributed by atoms with Gasteiger partial charge in [0.05, 0.1) is 23.7 Å². The maximum Gasteiger partial charge on any atom is 0.340 e. The molecule has 39 heavy (non-hydrogen) atoms. The van der Waals surface area contributed by atoms with Gasteiger partial charge in [-0.05, 0) is 56.6 Å². The molecule has 0 unspecified atom stereocenters. The van der Waals surface area contributed by atoms with Crippen LogP contribution in [0.25, 0.3) is 5.70 Å². The fourth-order valence-corrected chi connectivity index (χ4v) is 5.30. The molecule has 0 spiro atoms. The van der Waals surface area contributed by atoms with Gasteiger partial charge in [0.15, 0.2) is 0 Å². The molecule has 3 N–H and O–H groups in total. The number of rotatable bonds is 11. The predicted octanol–water partition coefficient (Wildman–Crippen LogP) is 3.57. The highest BCUT2D eigenvalue weighted by Crippen LogP contribution is 2.34. The van der Waals surface area contributed by atoms with Crippen molar-refractivity contribution in [1.82, 2.24) is 15.6 Å². The number of aryl methyl sites for hydroxylation is 1. The van der Waals surface area contributed by atoms with Gasteiger partial charge in [-0.2, -0.15) is 8.42 Å². The van der Waals surface area contributed by atoms with E-state index in [1.165, 1.54) is 5.56 Å². The number of amides is 3. The number of nitrogens with one attached hydrogen (secondary N) is 2. The van der Waals surface area contributed by atoms with E-state index in [1.54, 1.807) is 11.2 Å². The number of hydrazine groups is 1. The SMILES string of the molecule is Cc1ccc(C2=CNC(=O)N(CC3CCC(COCC(=O)NCCS(=O)(=O)O)CC3)N2c2ccccc2)cc1. The maximum absolute atomic E-state index is 13.1. The zero-order valence-corrected chi connectivity index (χ0v) is 22.9. The van der Waals surface area contributed by atoms with E-state index in [1.807, 2.05) is 42.3 Å². The second-order valence-electron chi connectivity index (χ2n) is 10.1. The topological polar surface area (TPSA) is 128 Å². The van der Waals surface area contributed by atoms with Crippen LogP contribution in [0.1, 0.15) is 36.8 Å². The van der Waals surface area contributed by atoms with Gasteiger partial charge in [0, 0.05) is 24.9 Å². The van der Waals surface area contributed by atoms with E-state index in [9.17, 15) is 18.0 Å². The summed E-state index contributed by atoms with van der Waals surface area (Å²) in [4.78, 5) is 24.9. The minimum Gasteiger partial charge on any atom is -0.371 e. The van der Waals surface area contributed by atoms with Crippen LogP contribution in [-0.4, -0.2) is 62.0 Å². The number of anilines is 1. The maximum atomic E-state index is 13.1. The first-order chi connectivity index (χ1) is 18.7. The first-order valence-electron chi connectivity index (χ1n) is 13.2. The molecule has 10 nitrogen and oxygen atoms in total. The van der Waals surface area contributed by atoms with Gasteiger partial charge < -0.3 is 15.4 Å². The highest BCUT2D eigenvalue weighted by molar-refractivity contribution is 7.85. The molecule has 0 saturated heterocycles. The summed E-state index contributed by atoms with van der Waals surface area (Å²) in [5.41, 5.74) is 3.99. The summed E-state index contributed by atoms with van der Waals surface area (Å²) in [6.45, 7) is 2.76. The number of nitrogens with zero attached hydrogens (tertiary/aromatic N) is 2. The third-order valence-corrected chi connectivity index (χ3v) is 7.77. The lowest BCUT2D eigenvalue weighted by molar-refractivity contribution is -0.126. The van der Waals surface area contributed by atoms with Crippen LogP contribution in [0.15, 0.2) is 60.8 Å². The summed E-state index contributed by atoms with van der Waals surface area (Å²) < 4.78 is 35.7. The molecule has 1 saturated carbocycles. The third-order valence-electron chi connectivity index (χ3n) is 7.05. The molecule has 1 aliphatic heterocycles. The van der Waals surface area contributed by atoms with Gasteiger partial charge in [-0.3, -0.25) is 9.35 Å². The Balaban J connectivity index is 1.32. The second-order valence-corrected chi connectivity index (χ2v) is 11.7. The Morgan fingerprint density at radius 2 is 1.72 bits per heavy atom. The molecule has 1 heterocycles. The lowest BCUT2D eigenvalue weighted by atomic mass is 9.82. The van der Waals surface area contributed by atoms with Crippen LogP contribution in [0.2, 0.25) is 0 Å². The predicted molar refractivity (Wildman–Crippen MR) is 149 cm³/mol. The summed E-state index contributed by atoms with van der Waals surface area (Å²) in [7, 11) is -4.11. The minimum absolute atomic E-state index is 0.153. The molecule has 0 bridgehead atoms. The van der Waals surface area contributed by atoms with Crippen molar-refractivity contribution in [3.8, 4) is 0 Å². The van der Waals surface area contributed by atoms with Crippen molar-refractivity contribution in [2.24, 2.45) is 11.8 Å². The van der Waals surface area contributed by atoms with Crippen molar-refractivity contribution in [2.75, 3.05) is 37.1 Å². The van der Waals surface area contributed by atoms with Crippen molar-refractivity contribution >= 4 is 33.4 Å². The molecule has 2 aliphatic rings. The molecular weight excluding hydrogens is 520 g/mol. The van der Waals surface area contributed by atoms with Crippen molar-refractivity contribution in [3.05, 3.63) is 71.9 Å². The number of hydrogen-bond donors (Lipinski definition) is 3. The van der Waals surface area contributed by atoms with Crippen LogP contribution in [0, 0.1) is 18.8 Å². The average Bonchev–Trinajstić information content (AvgIpc) is 2.91. The number of hydrogen-bond acceptors (Lipinski definition) is 6. The number of carbonyl (C=O) groups is 2. The van der Waals surface area contributed by atoms with E-state index in [4.69, 9.17) is 9.29 Å². The van der Waals surface area contributed by atoms with E-state index in [0.29, 0.717) is 25.0 Å². The molecule has 0 radical (unpaired) electrons.